The zero-order chi connectivity index (χ0) is 26.7. The summed E-state index contributed by atoms with van der Waals surface area (Å²) < 4.78 is 11.5. The molecule has 0 unspecified atom stereocenters. The topological polar surface area (TPSA) is 54.0 Å². The van der Waals surface area contributed by atoms with Crippen molar-refractivity contribution in [2.75, 3.05) is 45.7 Å². The fourth-order valence-corrected chi connectivity index (χ4v) is 5.31. The average molecular weight is 517 g/mol. The summed E-state index contributed by atoms with van der Waals surface area (Å²) in [5.74, 6) is 2.65. The molecule has 0 bridgehead atoms. The van der Waals surface area contributed by atoms with Gasteiger partial charge in [0.15, 0.2) is 0 Å². The number of hydrogen-bond donors (Lipinski definition) is 2. The number of rotatable bonds is 14. The van der Waals surface area contributed by atoms with Crippen molar-refractivity contribution in [3.05, 3.63) is 82.9 Å². The number of nitrogens with zero attached hydrogens (tertiary/aromatic N) is 1. The summed E-state index contributed by atoms with van der Waals surface area (Å²) in [4.78, 5) is 2.33. The number of methoxy groups -OCH3 is 1. The smallest absolute Gasteiger partial charge is 0.120 e. The van der Waals surface area contributed by atoms with Gasteiger partial charge in [-0.05, 0) is 111 Å². The van der Waals surface area contributed by atoms with E-state index in [2.05, 4.69) is 72.7 Å². The number of likely N-dealkylation sites (N-methyl/N-ethyl adjacent to an activating group) is 1. The van der Waals surface area contributed by atoms with Gasteiger partial charge in [0.25, 0.3) is 0 Å². The third-order valence-corrected chi connectivity index (χ3v) is 7.63. The Morgan fingerprint density at radius 3 is 2.55 bits per heavy atom. The minimum absolute atomic E-state index is 0.363. The molecule has 0 radical (unpaired) electrons. The number of hydrogen-bond acceptors (Lipinski definition) is 5. The van der Waals surface area contributed by atoms with Crippen LogP contribution in [0.15, 0.2) is 60.7 Å². The molecule has 0 fully saturated rings. The van der Waals surface area contributed by atoms with Gasteiger partial charge in [-0.1, -0.05) is 37.6 Å². The van der Waals surface area contributed by atoms with E-state index in [0.29, 0.717) is 11.7 Å². The van der Waals surface area contributed by atoms with Gasteiger partial charge in [0.2, 0.25) is 0 Å². The van der Waals surface area contributed by atoms with Gasteiger partial charge in [0.05, 0.1) is 7.11 Å². The van der Waals surface area contributed by atoms with E-state index < -0.39 is 0 Å². The van der Waals surface area contributed by atoms with Gasteiger partial charge in [-0.15, -0.1) is 0 Å². The second-order valence-corrected chi connectivity index (χ2v) is 10.5. The molecule has 1 atom stereocenters. The molecule has 1 aliphatic carbocycles. The Kier molecular flexibility index (Phi) is 10.3. The highest BCUT2D eigenvalue weighted by atomic mass is 16.5. The second-order valence-electron chi connectivity index (χ2n) is 10.5. The first-order chi connectivity index (χ1) is 18.6. The standard InChI is InChI=1S/C33H44N2O3/c1-4-5-19-35(2)20-21-38-30-14-8-25(9-15-30)7-6-18-34-33-24-31(37-3)16-17-32(33)28-11-10-27-23-29(36)13-12-26(27)22-28/h8-9,12-17,23-24,28,34,36H,4-7,10-11,18-22H2,1-3H3/t28-/m1/s1. The van der Waals surface area contributed by atoms with Crippen LogP contribution in [0.3, 0.4) is 0 Å². The quantitative estimate of drug-likeness (QED) is 0.230. The second kappa shape index (κ2) is 14.1. The third-order valence-electron chi connectivity index (χ3n) is 7.63. The largest absolute Gasteiger partial charge is 0.508 e. The Balaban J connectivity index is 1.27. The summed E-state index contributed by atoms with van der Waals surface area (Å²) in [6, 6.07) is 20.8. The van der Waals surface area contributed by atoms with Gasteiger partial charge in [-0.25, -0.2) is 0 Å². The summed E-state index contributed by atoms with van der Waals surface area (Å²) in [5.41, 5.74) is 6.48. The van der Waals surface area contributed by atoms with E-state index in [4.69, 9.17) is 9.47 Å². The molecular weight excluding hydrogens is 472 g/mol. The molecule has 4 rings (SSSR count). The van der Waals surface area contributed by atoms with Gasteiger partial charge in [-0.3, -0.25) is 0 Å². The summed E-state index contributed by atoms with van der Waals surface area (Å²) >= 11 is 0. The summed E-state index contributed by atoms with van der Waals surface area (Å²) in [6.07, 6.45) is 7.61. The predicted octanol–water partition coefficient (Wildman–Crippen LogP) is 6.83. The Hall–Kier alpha value is -3.18. The molecular formula is C33H44N2O3. The first kappa shape index (κ1) is 27.8. The molecule has 1 aliphatic rings. The molecule has 0 aromatic heterocycles. The SMILES string of the molecule is CCCCN(C)CCOc1ccc(CCCNc2cc(OC)ccc2[C@@H]2CCc3cc(O)ccc3C2)cc1. The lowest BCUT2D eigenvalue weighted by Crippen LogP contribution is -2.25. The summed E-state index contributed by atoms with van der Waals surface area (Å²) in [6.45, 7) is 5.94. The fraction of sp³-hybridized carbons (Fsp3) is 0.455. The van der Waals surface area contributed by atoms with Crippen LogP contribution in [0.1, 0.15) is 60.8 Å². The number of aromatic hydroxyl groups is 1. The van der Waals surface area contributed by atoms with Gasteiger partial charge in [0.1, 0.15) is 23.9 Å². The van der Waals surface area contributed by atoms with Crippen molar-refractivity contribution in [1.82, 2.24) is 4.90 Å². The van der Waals surface area contributed by atoms with Crippen molar-refractivity contribution in [3.8, 4) is 17.2 Å². The minimum atomic E-state index is 0.363. The number of ether oxygens (including phenoxy) is 2. The number of phenols is 1. The van der Waals surface area contributed by atoms with Crippen LogP contribution in [-0.4, -0.2) is 50.4 Å². The monoisotopic (exact) mass is 516 g/mol. The third kappa shape index (κ3) is 7.91. The molecule has 3 aromatic rings. The Morgan fingerprint density at radius 2 is 1.76 bits per heavy atom. The van der Waals surface area contributed by atoms with E-state index in [1.165, 1.54) is 40.8 Å². The lowest BCUT2D eigenvalue weighted by atomic mass is 9.79. The zero-order valence-electron chi connectivity index (χ0n) is 23.3. The summed E-state index contributed by atoms with van der Waals surface area (Å²) in [7, 11) is 3.88. The van der Waals surface area contributed by atoms with Crippen molar-refractivity contribution in [2.24, 2.45) is 0 Å². The van der Waals surface area contributed by atoms with Crippen LogP contribution in [0.2, 0.25) is 0 Å². The lowest BCUT2D eigenvalue weighted by Gasteiger charge is -2.27. The minimum Gasteiger partial charge on any atom is -0.508 e. The van der Waals surface area contributed by atoms with Crippen molar-refractivity contribution >= 4 is 5.69 Å². The lowest BCUT2D eigenvalue weighted by molar-refractivity contribution is 0.235. The molecule has 0 saturated heterocycles. The first-order valence-electron chi connectivity index (χ1n) is 14.2. The molecule has 5 nitrogen and oxygen atoms in total. The van der Waals surface area contributed by atoms with Crippen LogP contribution < -0.4 is 14.8 Å². The van der Waals surface area contributed by atoms with Crippen molar-refractivity contribution < 1.29 is 14.6 Å². The normalized spacial score (nSPS) is 14.8. The number of phenolic OH excluding ortho intramolecular Hbond substituents is 1. The van der Waals surface area contributed by atoms with Gasteiger partial charge in [0, 0.05) is 24.8 Å². The molecule has 0 heterocycles. The Bertz CT molecular complexity index is 1150. The molecule has 0 amide bonds. The number of fused-ring (bicyclic) bond motifs is 1. The molecule has 5 heteroatoms. The molecule has 3 aromatic carbocycles. The number of aryl methyl sites for hydroxylation is 2. The highest BCUT2D eigenvalue weighted by Crippen LogP contribution is 2.38. The van der Waals surface area contributed by atoms with Crippen LogP contribution in [0, 0.1) is 0 Å². The average Bonchev–Trinajstić information content (AvgIpc) is 2.94. The first-order valence-corrected chi connectivity index (χ1v) is 14.2. The van der Waals surface area contributed by atoms with E-state index in [9.17, 15) is 5.11 Å². The van der Waals surface area contributed by atoms with Gasteiger partial charge < -0.3 is 24.8 Å². The molecule has 38 heavy (non-hydrogen) atoms. The maximum Gasteiger partial charge on any atom is 0.120 e. The number of benzene rings is 3. The van der Waals surface area contributed by atoms with Gasteiger partial charge >= 0.3 is 0 Å². The number of unbranched alkanes of at least 4 members (excludes halogenated alkanes) is 1. The fourth-order valence-electron chi connectivity index (χ4n) is 5.31. The molecule has 204 valence electrons. The van der Waals surface area contributed by atoms with E-state index in [-0.39, 0.29) is 0 Å². The van der Waals surface area contributed by atoms with Crippen LogP contribution in [0.5, 0.6) is 17.2 Å². The van der Waals surface area contributed by atoms with E-state index in [1.807, 2.05) is 6.07 Å². The summed E-state index contributed by atoms with van der Waals surface area (Å²) in [5, 5.41) is 13.5. The van der Waals surface area contributed by atoms with E-state index in [1.54, 1.807) is 13.2 Å². The highest BCUT2D eigenvalue weighted by molar-refractivity contribution is 5.57. The number of nitrogens with one attached hydrogen (secondary N) is 1. The zero-order valence-corrected chi connectivity index (χ0v) is 23.3. The molecule has 2 N–H and O–H groups in total. The molecule has 0 aliphatic heterocycles. The highest BCUT2D eigenvalue weighted by Gasteiger charge is 2.23. The van der Waals surface area contributed by atoms with E-state index in [0.717, 1.165) is 69.8 Å². The predicted molar refractivity (Wildman–Crippen MR) is 157 cm³/mol. The maximum absolute atomic E-state index is 9.83. The van der Waals surface area contributed by atoms with Crippen LogP contribution in [-0.2, 0) is 19.3 Å². The van der Waals surface area contributed by atoms with Crippen molar-refractivity contribution in [1.29, 1.82) is 0 Å². The van der Waals surface area contributed by atoms with Crippen molar-refractivity contribution in [3.63, 3.8) is 0 Å². The molecule has 0 saturated carbocycles. The van der Waals surface area contributed by atoms with Gasteiger partial charge in [-0.2, -0.15) is 0 Å². The Labute approximate surface area is 228 Å². The van der Waals surface area contributed by atoms with Crippen LogP contribution >= 0.6 is 0 Å². The van der Waals surface area contributed by atoms with Crippen LogP contribution in [0.25, 0.3) is 0 Å². The van der Waals surface area contributed by atoms with Crippen molar-refractivity contribution in [2.45, 2.75) is 57.8 Å². The van der Waals surface area contributed by atoms with E-state index >= 15 is 0 Å². The Morgan fingerprint density at radius 1 is 0.947 bits per heavy atom. The maximum atomic E-state index is 9.83. The number of anilines is 1. The molecule has 0 spiro atoms. The van der Waals surface area contributed by atoms with Crippen LogP contribution in [0.4, 0.5) is 5.69 Å².